The normalized spacial score (nSPS) is 33.0. The van der Waals surface area contributed by atoms with Crippen molar-refractivity contribution in [1.29, 1.82) is 0 Å². The third-order valence-electron chi connectivity index (χ3n) is 6.18. The average Bonchev–Trinajstić information content (AvgIpc) is 3.12. The number of halogens is 2. The Morgan fingerprint density at radius 3 is 2.36 bits per heavy atom. The minimum atomic E-state index is -0.149. The van der Waals surface area contributed by atoms with Gasteiger partial charge in [-0.2, -0.15) is 0 Å². The summed E-state index contributed by atoms with van der Waals surface area (Å²) in [6.45, 7) is 0. The van der Waals surface area contributed by atoms with Crippen LogP contribution in [0.3, 0.4) is 0 Å². The van der Waals surface area contributed by atoms with Crippen LogP contribution in [-0.4, -0.2) is 10.9 Å². The van der Waals surface area contributed by atoms with E-state index in [1.54, 1.807) is 0 Å². The summed E-state index contributed by atoms with van der Waals surface area (Å²) in [4.78, 5) is 17.7. The largest absolute Gasteiger partial charge is 0.301 e. The van der Waals surface area contributed by atoms with Crippen LogP contribution in [0, 0.1) is 23.2 Å². The number of anilines is 1. The van der Waals surface area contributed by atoms with Gasteiger partial charge in [0.1, 0.15) is 4.34 Å². The molecule has 2 aromatic rings. The number of carbonyl (C=O) groups excluding carboxylic acids is 1. The fourth-order valence-corrected chi connectivity index (χ4v) is 7.77. The van der Waals surface area contributed by atoms with Crippen LogP contribution in [0.2, 0.25) is 8.67 Å². The molecule has 2 heterocycles. The van der Waals surface area contributed by atoms with E-state index < -0.39 is 0 Å². The van der Waals surface area contributed by atoms with E-state index in [2.05, 4.69) is 10.3 Å². The Labute approximate surface area is 164 Å². The Morgan fingerprint density at radius 2 is 1.80 bits per heavy atom. The maximum Gasteiger partial charge on any atom is 0.232 e. The Bertz CT molecular complexity index is 809. The molecule has 4 bridgehead atoms. The molecule has 4 saturated carbocycles. The van der Waals surface area contributed by atoms with Crippen molar-refractivity contribution < 1.29 is 4.79 Å². The number of nitrogens with zero attached hydrogens (tertiary/aromatic N) is 1. The van der Waals surface area contributed by atoms with Crippen molar-refractivity contribution in [1.82, 2.24) is 4.98 Å². The first-order valence-corrected chi connectivity index (χ1v) is 11.2. The van der Waals surface area contributed by atoms with Gasteiger partial charge >= 0.3 is 0 Å². The lowest BCUT2D eigenvalue weighted by Gasteiger charge is -2.55. The standard InChI is InChI=1S/C18H18Cl2N2OS2/c19-14-4-12(15(20)25-14)13-8-24-17(21-13)22-16(23)18-5-9-1-10(6-18)3-11(2-9)7-18/h4,8-11H,1-3,5-7H2,(H,21,22,23). The van der Waals surface area contributed by atoms with E-state index >= 15 is 0 Å². The molecule has 0 unspecified atom stereocenters. The van der Waals surface area contributed by atoms with Crippen molar-refractivity contribution in [3.63, 3.8) is 0 Å². The molecule has 4 fully saturated rings. The summed E-state index contributed by atoms with van der Waals surface area (Å²) in [7, 11) is 0. The lowest BCUT2D eigenvalue weighted by Crippen LogP contribution is -2.51. The van der Waals surface area contributed by atoms with Gasteiger partial charge in [0.2, 0.25) is 5.91 Å². The fourth-order valence-electron chi connectivity index (χ4n) is 5.59. The Hall–Kier alpha value is -0.620. The van der Waals surface area contributed by atoms with E-state index in [9.17, 15) is 4.79 Å². The minimum absolute atomic E-state index is 0.149. The number of rotatable bonds is 3. The number of aromatic nitrogens is 1. The Morgan fingerprint density at radius 1 is 1.16 bits per heavy atom. The van der Waals surface area contributed by atoms with Crippen molar-refractivity contribution in [2.75, 3.05) is 5.32 Å². The Kier molecular flexibility index (Phi) is 3.94. The zero-order chi connectivity index (χ0) is 17.2. The van der Waals surface area contributed by atoms with E-state index in [-0.39, 0.29) is 11.3 Å². The second kappa shape index (κ2) is 5.95. The SMILES string of the molecule is O=C(Nc1nc(-c2cc(Cl)sc2Cl)cs1)C12CC3CC(CC(C3)C1)C2. The molecule has 4 aliphatic rings. The molecular formula is C18H18Cl2N2OS2. The molecule has 0 aromatic carbocycles. The molecule has 3 nitrogen and oxygen atoms in total. The molecule has 0 spiro atoms. The molecule has 7 heteroatoms. The first kappa shape index (κ1) is 16.5. The molecule has 0 radical (unpaired) electrons. The molecule has 1 N–H and O–H groups in total. The second-order valence-electron chi connectivity index (χ2n) is 7.93. The zero-order valence-corrected chi connectivity index (χ0v) is 16.7. The summed E-state index contributed by atoms with van der Waals surface area (Å²) in [6.07, 6.45) is 7.21. The third-order valence-corrected chi connectivity index (χ3v) is 8.42. The maximum absolute atomic E-state index is 13.1. The van der Waals surface area contributed by atoms with Crippen molar-refractivity contribution in [2.24, 2.45) is 23.2 Å². The smallest absolute Gasteiger partial charge is 0.232 e. The van der Waals surface area contributed by atoms with Crippen molar-refractivity contribution in [3.8, 4) is 11.3 Å². The summed E-state index contributed by atoms with van der Waals surface area (Å²) in [5.74, 6) is 2.46. The number of carbonyl (C=O) groups is 1. The van der Waals surface area contributed by atoms with E-state index in [1.165, 1.54) is 41.9 Å². The minimum Gasteiger partial charge on any atom is -0.301 e. The molecule has 132 valence electrons. The van der Waals surface area contributed by atoms with Gasteiger partial charge in [0.25, 0.3) is 0 Å². The van der Waals surface area contributed by atoms with Crippen LogP contribution in [0.25, 0.3) is 11.3 Å². The molecule has 0 saturated heterocycles. The number of hydrogen-bond donors (Lipinski definition) is 1. The van der Waals surface area contributed by atoms with Crippen LogP contribution >= 0.6 is 45.9 Å². The molecule has 4 aliphatic carbocycles. The molecule has 25 heavy (non-hydrogen) atoms. The van der Waals surface area contributed by atoms with Crippen molar-refractivity contribution in [3.05, 3.63) is 20.1 Å². The quantitative estimate of drug-likeness (QED) is 0.639. The number of thiophene rings is 1. The molecule has 6 rings (SSSR count). The lowest BCUT2D eigenvalue weighted by molar-refractivity contribution is -0.140. The highest BCUT2D eigenvalue weighted by Crippen LogP contribution is 2.60. The summed E-state index contributed by atoms with van der Waals surface area (Å²) >= 11 is 15.0. The first-order valence-electron chi connectivity index (χ1n) is 8.73. The van der Waals surface area contributed by atoms with Crippen LogP contribution in [0.5, 0.6) is 0 Å². The summed E-state index contributed by atoms with van der Waals surface area (Å²) in [5.41, 5.74) is 1.46. The van der Waals surface area contributed by atoms with Gasteiger partial charge in [-0.1, -0.05) is 23.2 Å². The van der Waals surface area contributed by atoms with Crippen molar-refractivity contribution in [2.45, 2.75) is 38.5 Å². The monoisotopic (exact) mass is 412 g/mol. The van der Waals surface area contributed by atoms with Crippen LogP contribution in [0.15, 0.2) is 11.4 Å². The zero-order valence-electron chi connectivity index (χ0n) is 13.6. The van der Waals surface area contributed by atoms with Crippen LogP contribution < -0.4 is 5.32 Å². The van der Waals surface area contributed by atoms with E-state index in [4.69, 9.17) is 23.2 Å². The van der Waals surface area contributed by atoms with Gasteiger partial charge in [-0.3, -0.25) is 4.79 Å². The summed E-state index contributed by atoms with van der Waals surface area (Å²) < 4.78 is 1.28. The van der Waals surface area contributed by atoms with E-state index in [0.717, 1.165) is 48.3 Å². The Balaban J connectivity index is 1.36. The maximum atomic E-state index is 13.1. The van der Waals surface area contributed by atoms with Gasteiger partial charge in [0, 0.05) is 10.9 Å². The second-order valence-corrected chi connectivity index (χ2v) is 11.1. The summed E-state index contributed by atoms with van der Waals surface area (Å²) in [6, 6.07) is 1.83. The van der Waals surface area contributed by atoms with Crippen LogP contribution in [0.1, 0.15) is 38.5 Å². The molecule has 2 aromatic heterocycles. The highest BCUT2D eigenvalue weighted by molar-refractivity contribution is 7.20. The first-order chi connectivity index (χ1) is 12.0. The number of amides is 1. The topological polar surface area (TPSA) is 42.0 Å². The van der Waals surface area contributed by atoms with Crippen LogP contribution in [0.4, 0.5) is 5.13 Å². The van der Waals surface area contributed by atoms with E-state index in [0.29, 0.717) is 13.8 Å². The fraction of sp³-hybridized carbons (Fsp3) is 0.556. The predicted octanol–water partition coefficient (Wildman–Crippen LogP) is 6.33. The van der Waals surface area contributed by atoms with Gasteiger partial charge < -0.3 is 5.32 Å². The molecular weight excluding hydrogens is 395 g/mol. The number of nitrogens with one attached hydrogen (secondary N) is 1. The third kappa shape index (κ3) is 2.84. The number of thiazole rings is 1. The average molecular weight is 413 g/mol. The van der Waals surface area contributed by atoms with Crippen molar-refractivity contribution >= 4 is 56.9 Å². The highest BCUT2D eigenvalue weighted by atomic mass is 35.5. The summed E-state index contributed by atoms with van der Waals surface area (Å²) in [5, 5.41) is 5.70. The van der Waals surface area contributed by atoms with Gasteiger partial charge in [0.15, 0.2) is 5.13 Å². The van der Waals surface area contributed by atoms with Gasteiger partial charge in [0.05, 0.1) is 15.4 Å². The van der Waals surface area contributed by atoms with Gasteiger partial charge in [-0.25, -0.2) is 4.98 Å². The predicted molar refractivity (Wildman–Crippen MR) is 105 cm³/mol. The van der Waals surface area contributed by atoms with E-state index in [1.807, 2.05) is 11.4 Å². The molecule has 0 atom stereocenters. The molecule has 1 amide bonds. The van der Waals surface area contributed by atoms with Gasteiger partial charge in [-0.05, 0) is 62.3 Å². The molecule has 0 aliphatic heterocycles. The van der Waals surface area contributed by atoms with Gasteiger partial charge in [-0.15, -0.1) is 22.7 Å². The van der Waals surface area contributed by atoms with Crippen LogP contribution in [-0.2, 0) is 4.79 Å². The lowest BCUT2D eigenvalue weighted by atomic mass is 9.49. The number of hydrogen-bond acceptors (Lipinski definition) is 4. The highest BCUT2D eigenvalue weighted by Gasteiger charge is 2.54.